The summed E-state index contributed by atoms with van der Waals surface area (Å²) in [7, 11) is 0. The van der Waals surface area contributed by atoms with Crippen molar-refractivity contribution in [1.29, 1.82) is 0 Å². The number of nitrogens with zero attached hydrogens (tertiary/aromatic N) is 4. The molecule has 290 valence electrons. The Bertz CT molecular complexity index is 3610. The van der Waals surface area contributed by atoms with Crippen LogP contribution in [0.25, 0.3) is 117 Å². The van der Waals surface area contributed by atoms with Crippen molar-refractivity contribution in [3.63, 3.8) is 0 Å². The molecular formula is C57H36N4O. The molecule has 62 heavy (non-hydrogen) atoms. The number of hydrogen-bond donors (Lipinski definition) is 0. The molecule has 3 aromatic heterocycles. The molecule has 0 fully saturated rings. The lowest BCUT2D eigenvalue weighted by molar-refractivity contribution is 0.670. The van der Waals surface area contributed by atoms with Crippen LogP contribution >= 0.6 is 0 Å². The zero-order chi connectivity index (χ0) is 41.0. The van der Waals surface area contributed by atoms with E-state index in [9.17, 15) is 0 Å². The Kier molecular flexibility index (Phi) is 8.42. The minimum atomic E-state index is 0.547. The predicted molar refractivity (Wildman–Crippen MR) is 254 cm³/mol. The van der Waals surface area contributed by atoms with Crippen LogP contribution in [0.4, 0.5) is 0 Å². The van der Waals surface area contributed by atoms with Gasteiger partial charge >= 0.3 is 0 Å². The van der Waals surface area contributed by atoms with E-state index in [-0.39, 0.29) is 0 Å². The SMILES string of the molecule is c1ccc(-c2nc(-c3cccc(-c4ccc(-c5ccccc5)c(-c5ccccc5)c4)c3)nc(-c3cccc4c3oc3cc5c(cc34)c3ccccc3n5-c3ccccc3)n2)cc1. The normalized spacial score (nSPS) is 11.5. The maximum Gasteiger partial charge on any atom is 0.167 e. The lowest BCUT2D eigenvalue weighted by Crippen LogP contribution is -2.00. The Morgan fingerprint density at radius 1 is 0.306 bits per heavy atom. The van der Waals surface area contributed by atoms with Gasteiger partial charge in [0.1, 0.15) is 11.2 Å². The van der Waals surface area contributed by atoms with Gasteiger partial charge in [-0.1, -0.05) is 170 Å². The van der Waals surface area contributed by atoms with Gasteiger partial charge in [-0.05, 0) is 75.8 Å². The van der Waals surface area contributed by atoms with Gasteiger partial charge < -0.3 is 8.98 Å². The molecule has 0 saturated carbocycles. The van der Waals surface area contributed by atoms with E-state index in [2.05, 4.69) is 187 Å². The molecular weight excluding hydrogens is 757 g/mol. The highest BCUT2D eigenvalue weighted by molar-refractivity contribution is 6.18. The molecule has 12 rings (SSSR count). The van der Waals surface area contributed by atoms with Gasteiger partial charge in [0.15, 0.2) is 17.5 Å². The Morgan fingerprint density at radius 3 is 1.63 bits per heavy atom. The average Bonchev–Trinajstić information content (AvgIpc) is 3.89. The molecule has 0 N–H and O–H groups in total. The van der Waals surface area contributed by atoms with Crippen LogP contribution in [0, 0.1) is 0 Å². The summed E-state index contributed by atoms with van der Waals surface area (Å²) in [6.07, 6.45) is 0. The van der Waals surface area contributed by atoms with Gasteiger partial charge in [-0.15, -0.1) is 0 Å². The van der Waals surface area contributed by atoms with Crippen molar-refractivity contribution >= 4 is 43.7 Å². The van der Waals surface area contributed by atoms with Crippen LogP contribution in [0.2, 0.25) is 0 Å². The van der Waals surface area contributed by atoms with Gasteiger partial charge in [0, 0.05) is 44.4 Å². The zero-order valence-electron chi connectivity index (χ0n) is 33.5. The highest BCUT2D eigenvalue weighted by Crippen LogP contribution is 2.41. The van der Waals surface area contributed by atoms with Crippen LogP contribution in [0.3, 0.4) is 0 Å². The lowest BCUT2D eigenvalue weighted by Gasteiger charge is -2.14. The number of hydrogen-bond acceptors (Lipinski definition) is 4. The molecule has 9 aromatic carbocycles. The van der Waals surface area contributed by atoms with Crippen LogP contribution in [0.15, 0.2) is 223 Å². The van der Waals surface area contributed by atoms with E-state index >= 15 is 0 Å². The summed E-state index contributed by atoms with van der Waals surface area (Å²) in [5.74, 6) is 1.73. The van der Waals surface area contributed by atoms with Crippen LogP contribution in [-0.4, -0.2) is 19.5 Å². The minimum absolute atomic E-state index is 0.547. The van der Waals surface area contributed by atoms with E-state index in [0.717, 1.165) is 66.5 Å². The average molecular weight is 793 g/mol. The summed E-state index contributed by atoms with van der Waals surface area (Å²) in [5.41, 5.74) is 14.4. The zero-order valence-corrected chi connectivity index (χ0v) is 33.5. The summed E-state index contributed by atoms with van der Waals surface area (Å²) in [6.45, 7) is 0. The van der Waals surface area contributed by atoms with Crippen molar-refractivity contribution in [2.24, 2.45) is 0 Å². The molecule has 3 heterocycles. The van der Waals surface area contributed by atoms with Crippen molar-refractivity contribution in [2.45, 2.75) is 0 Å². The van der Waals surface area contributed by atoms with E-state index in [1.165, 1.54) is 33.0 Å². The highest BCUT2D eigenvalue weighted by Gasteiger charge is 2.21. The Morgan fingerprint density at radius 2 is 0.871 bits per heavy atom. The summed E-state index contributed by atoms with van der Waals surface area (Å²) < 4.78 is 9.19. The first kappa shape index (κ1) is 35.5. The van der Waals surface area contributed by atoms with Crippen LogP contribution in [0.5, 0.6) is 0 Å². The van der Waals surface area contributed by atoms with Gasteiger partial charge in [0.2, 0.25) is 0 Å². The van der Waals surface area contributed by atoms with E-state index < -0.39 is 0 Å². The monoisotopic (exact) mass is 792 g/mol. The molecule has 0 aliphatic carbocycles. The van der Waals surface area contributed by atoms with E-state index in [0.29, 0.717) is 17.5 Å². The van der Waals surface area contributed by atoms with Crippen molar-refractivity contribution in [3.8, 4) is 73.2 Å². The smallest absolute Gasteiger partial charge is 0.167 e. The van der Waals surface area contributed by atoms with Crippen molar-refractivity contribution in [3.05, 3.63) is 218 Å². The first-order chi connectivity index (χ1) is 30.7. The topological polar surface area (TPSA) is 56.7 Å². The van der Waals surface area contributed by atoms with Crippen LogP contribution in [-0.2, 0) is 0 Å². The quantitative estimate of drug-likeness (QED) is 0.161. The molecule has 0 bridgehead atoms. The van der Waals surface area contributed by atoms with Gasteiger partial charge in [-0.2, -0.15) is 0 Å². The summed E-state index contributed by atoms with van der Waals surface area (Å²) in [6, 6.07) is 76.3. The number of rotatable bonds is 7. The van der Waals surface area contributed by atoms with Crippen LogP contribution < -0.4 is 0 Å². The number of fused-ring (bicyclic) bond motifs is 6. The van der Waals surface area contributed by atoms with E-state index in [1.54, 1.807) is 0 Å². The Labute approximate surface area is 357 Å². The fourth-order valence-electron chi connectivity index (χ4n) is 8.92. The molecule has 5 heteroatoms. The number of para-hydroxylation sites is 3. The molecule has 12 aromatic rings. The van der Waals surface area contributed by atoms with Crippen molar-refractivity contribution in [2.75, 3.05) is 0 Å². The van der Waals surface area contributed by atoms with Crippen molar-refractivity contribution in [1.82, 2.24) is 19.5 Å². The second-order valence-corrected chi connectivity index (χ2v) is 15.6. The van der Waals surface area contributed by atoms with E-state index in [4.69, 9.17) is 19.4 Å². The summed E-state index contributed by atoms with van der Waals surface area (Å²) in [4.78, 5) is 15.5. The van der Waals surface area contributed by atoms with E-state index in [1.807, 2.05) is 36.4 Å². The second-order valence-electron chi connectivity index (χ2n) is 15.6. The molecule has 0 saturated heterocycles. The standard InChI is InChI=1S/C57H36N4O/c1-5-17-37(18-6-1)44-32-31-41(34-48(44)38-19-7-2-8-20-38)40-23-15-24-42(33-40)56-58-55(39-21-9-3-10-22-39)59-57(60-56)47-29-16-28-46-50-35-49-45-27-13-14-30-51(45)61(43-25-11-4-12-26-43)52(49)36-53(50)62-54(46)47/h1-36H. The molecule has 0 aliphatic rings. The molecule has 0 aliphatic heterocycles. The highest BCUT2D eigenvalue weighted by atomic mass is 16.3. The fourth-order valence-corrected chi connectivity index (χ4v) is 8.92. The van der Waals surface area contributed by atoms with Gasteiger partial charge in [0.25, 0.3) is 0 Å². The summed E-state index contributed by atoms with van der Waals surface area (Å²) in [5, 5.41) is 4.42. The van der Waals surface area contributed by atoms with Gasteiger partial charge in [-0.3, -0.25) is 0 Å². The maximum atomic E-state index is 6.88. The Hall–Kier alpha value is -8.41. The third-order valence-electron chi connectivity index (χ3n) is 11.9. The molecule has 0 amide bonds. The van der Waals surface area contributed by atoms with Gasteiger partial charge in [0.05, 0.1) is 16.6 Å². The first-order valence-electron chi connectivity index (χ1n) is 20.8. The number of furan rings is 1. The predicted octanol–water partition coefficient (Wildman–Crippen LogP) is 14.9. The summed E-state index contributed by atoms with van der Waals surface area (Å²) >= 11 is 0. The van der Waals surface area contributed by atoms with Crippen molar-refractivity contribution < 1.29 is 4.42 Å². The second kappa shape index (κ2) is 14.7. The molecule has 0 unspecified atom stereocenters. The Balaban J connectivity index is 1.01. The number of benzene rings is 9. The molecule has 0 radical (unpaired) electrons. The third-order valence-corrected chi connectivity index (χ3v) is 11.9. The molecule has 5 nitrogen and oxygen atoms in total. The molecule has 0 spiro atoms. The fraction of sp³-hybridized carbons (Fsp3) is 0. The molecule has 0 atom stereocenters. The third kappa shape index (κ3) is 6.06. The largest absolute Gasteiger partial charge is 0.455 e. The van der Waals surface area contributed by atoms with Gasteiger partial charge in [-0.25, -0.2) is 15.0 Å². The lowest BCUT2D eigenvalue weighted by atomic mass is 9.91. The maximum absolute atomic E-state index is 6.88. The minimum Gasteiger partial charge on any atom is -0.455 e. The number of aromatic nitrogens is 4. The van der Waals surface area contributed by atoms with Crippen LogP contribution in [0.1, 0.15) is 0 Å². The first-order valence-corrected chi connectivity index (χ1v) is 20.8.